The average Bonchev–Trinajstić information content (AvgIpc) is 2.91. The van der Waals surface area contributed by atoms with Crippen LogP contribution in [-0.2, 0) is 4.79 Å². The largest absolute Gasteiger partial charge is 0.324 e. The molecule has 0 unspecified atom stereocenters. The van der Waals surface area contributed by atoms with Crippen molar-refractivity contribution in [2.75, 3.05) is 5.32 Å². The van der Waals surface area contributed by atoms with Gasteiger partial charge in [-0.2, -0.15) is 0 Å². The summed E-state index contributed by atoms with van der Waals surface area (Å²) in [7, 11) is 0. The molecule has 0 atom stereocenters. The van der Waals surface area contributed by atoms with E-state index < -0.39 is 5.54 Å². The number of carbonyl (C=O) groups is 1. The third kappa shape index (κ3) is 2.67. The summed E-state index contributed by atoms with van der Waals surface area (Å²) in [4.78, 5) is 11.7. The van der Waals surface area contributed by atoms with Crippen LogP contribution in [0.1, 0.15) is 18.4 Å². The Balaban J connectivity index is 0.00000128. The molecule has 0 spiro atoms. The lowest BCUT2D eigenvalue weighted by atomic mass is 10.2. The van der Waals surface area contributed by atoms with Crippen LogP contribution in [0.25, 0.3) is 0 Å². The Hall–Kier alpha value is -0.770. The van der Waals surface area contributed by atoms with Crippen molar-refractivity contribution in [1.29, 1.82) is 0 Å². The highest BCUT2D eigenvalue weighted by Gasteiger charge is 2.46. The van der Waals surface area contributed by atoms with Gasteiger partial charge in [0.15, 0.2) is 0 Å². The van der Waals surface area contributed by atoms with Gasteiger partial charge in [0.05, 0.1) is 5.54 Å². The zero-order chi connectivity index (χ0) is 11.1. The van der Waals surface area contributed by atoms with Gasteiger partial charge in [-0.1, -0.05) is 17.7 Å². The lowest BCUT2D eigenvalue weighted by molar-refractivity contribution is -0.118. The Morgan fingerprint density at radius 3 is 2.69 bits per heavy atom. The van der Waals surface area contributed by atoms with Crippen LogP contribution in [0.4, 0.5) is 5.69 Å². The lowest BCUT2D eigenvalue weighted by Crippen LogP contribution is -2.37. The van der Waals surface area contributed by atoms with Gasteiger partial charge in [-0.25, -0.2) is 0 Å². The second-order valence-corrected chi connectivity index (χ2v) is 4.51. The van der Waals surface area contributed by atoms with E-state index in [2.05, 4.69) is 5.32 Å². The van der Waals surface area contributed by atoms with E-state index in [0.717, 1.165) is 24.1 Å². The monoisotopic (exact) mass is 260 g/mol. The zero-order valence-corrected chi connectivity index (χ0v) is 10.5. The molecule has 3 nitrogen and oxygen atoms in total. The minimum atomic E-state index is -0.644. The summed E-state index contributed by atoms with van der Waals surface area (Å²) >= 11 is 5.85. The number of carbonyl (C=O) groups excluding carboxylic acids is 1. The van der Waals surface area contributed by atoms with E-state index in [-0.39, 0.29) is 18.3 Å². The van der Waals surface area contributed by atoms with Crippen molar-refractivity contribution in [3.05, 3.63) is 28.8 Å². The number of amides is 1. The summed E-state index contributed by atoms with van der Waals surface area (Å²) in [6.07, 6.45) is 1.52. The fourth-order valence-electron chi connectivity index (χ4n) is 1.34. The highest BCUT2D eigenvalue weighted by atomic mass is 35.5. The second-order valence-electron chi connectivity index (χ2n) is 4.07. The van der Waals surface area contributed by atoms with Crippen LogP contribution in [0.2, 0.25) is 5.02 Å². The van der Waals surface area contributed by atoms with Crippen LogP contribution >= 0.6 is 24.0 Å². The van der Waals surface area contributed by atoms with Gasteiger partial charge in [0.1, 0.15) is 0 Å². The molecule has 0 bridgehead atoms. The van der Waals surface area contributed by atoms with Crippen LogP contribution < -0.4 is 11.1 Å². The third-order valence-corrected chi connectivity index (χ3v) is 2.92. The molecule has 0 saturated heterocycles. The Morgan fingerprint density at radius 2 is 2.12 bits per heavy atom. The quantitative estimate of drug-likeness (QED) is 0.859. The van der Waals surface area contributed by atoms with Crippen molar-refractivity contribution < 1.29 is 4.79 Å². The van der Waals surface area contributed by atoms with Crippen LogP contribution in [0.5, 0.6) is 0 Å². The van der Waals surface area contributed by atoms with E-state index in [9.17, 15) is 4.79 Å². The standard InChI is InChI=1S/C11H13ClN2O.ClH/c1-7-2-3-8(12)6-9(7)14-10(15)11(13)4-5-11;/h2-3,6H,4-5,13H2,1H3,(H,14,15);1H. The Kier molecular flexibility index (Phi) is 3.84. The number of rotatable bonds is 2. The SMILES string of the molecule is Cc1ccc(Cl)cc1NC(=O)C1(N)CC1.Cl. The van der Waals surface area contributed by atoms with Gasteiger partial charge >= 0.3 is 0 Å². The first-order chi connectivity index (χ1) is 7.01. The second kappa shape index (κ2) is 4.62. The summed E-state index contributed by atoms with van der Waals surface area (Å²) in [5.41, 5.74) is 6.86. The van der Waals surface area contributed by atoms with Gasteiger partial charge in [-0.15, -0.1) is 12.4 Å². The molecule has 1 saturated carbocycles. The lowest BCUT2D eigenvalue weighted by Gasteiger charge is -2.12. The summed E-state index contributed by atoms with van der Waals surface area (Å²) in [6.45, 7) is 1.92. The van der Waals surface area contributed by atoms with Crippen molar-refractivity contribution in [1.82, 2.24) is 0 Å². The summed E-state index contributed by atoms with van der Waals surface area (Å²) in [5, 5.41) is 3.41. The van der Waals surface area contributed by atoms with Gasteiger partial charge in [0.25, 0.3) is 0 Å². The Labute approximate surface area is 106 Å². The minimum Gasteiger partial charge on any atom is -0.324 e. The van der Waals surface area contributed by atoms with Crippen LogP contribution in [0, 0.1) is 6.92 Å². The number of halogens is 2. The van der Waals surface area contributed by atoms with Gasteiger partial charge in [-0.3, -0.25) is 4.79 Å². The van der Waals surface area contributed by atoms with Crippen molar-refractivity contribution in [2.24, 2.45) is 5.73 Å². The smallest absolute Gasteiger partial charge is 0.244 e. The predicted octanol–water partition coefficient (Wildman–Crippen LogP) is 2.50. The minimum absolute atomic E-state index is 0. The van der Waals surface area contributed by atoms with Crippen molar-refractivity contribution in [3.63, 3.8) is 0 Å². The number of benzene rings is 1. The first-order valence-electron chi connectivity index (χ1n) is 4.88. The fourth-order valence-corrected chi connectivity index (χ4v) is 1.51. The molecule has 0 aliphatic heterocycles. The normalized spacial score (nSPS) is 16.2. The maximum absolute atomic E-state index is 11.7. The predicted molar refractivity (Wildman–Crippen MR) is 68.2 cm³/mol. The molecule has 1 aliphatic rings. The molecular formula is C11H14Cl2N2O. The molecule has 0 heterocycles. The Morgan fingerprint density at radius 1 is 1.50 bits per heavy atom. The molecule has 16 heavy (non-hydrogen) atoms. The van der Waals surface area contributed by atoms with E-state index in [4.69, 9.17) is 17.3 Å². The van der Waals surface area contributed by atoms with E-state index in [1.807, 2.05) is 13.0 Å². The molecule has 2 rings (SSSR count). The molecule has 88 valence electrons. The van der Waals surface area contributed by atoms with Gasteiger partial charge in [-0.05, 0) is 37.5 Å². The average molecular weight is 261 g/mol. The van der Waals surface area contributed by atoms with Gasteiger partial charge in [0, 0.05) is 10.7 Å². The molecular weight excluding hydrogens is 247 g/mol. The first kappa shape index (κ1) is 13.3. The maximum atomic E-state index is 11.7. The fraction of sp³-hybridized carbons (Fsp3) is 0.364. The first-order valence-corrected chi connectivity index (χ1v) is 5.25. The number of nitrogens with two attached hydrogens (primary N) is 1. The molecule has 0 aromatic heterocycles. The number of anilines is 1. The van der Waals surface area contributed by atoms with Gasteiger partial charge < -0.3 is 11.1 Å². The molecule has 1 aromatic carbocycles. The summed E-state index contributed by atoms with van der Waals surface area (Å²) < 4.78 is 0. The number of hydrogen-bond donors (Lipinski definition) is 2. The zero-order valence-electron chi connectivity index (χ0n) is 8.92. The van der Waals surface area contributed by atoms with E-state index in [1.165, 1.54) is 0 Å². The maximum Gasteiger partial charge on any atom is 0.244 e. The molecule has 1 fully saturated rings. The van der Waals surface area contributed by atoms with Crippen LogP contribution in [0.3, 0.4) is 0 Å². The third-order valence-electron chi connectivity index (χ3n) is 2.69. The topological polar surface area (TPSA) is 55.1 Å². The summed E-state index contributed by atoms with van der Waals surface area (Å²) in [5.74, 6) is -0.118. The van der Waals surface area contributed by atoms with Crippen LogP contribution in [-0.4, -0.2) is 11.4 Å². The van der Waals surface area contributed by atoms with Crippen molar-refractivity contribution >= 4 is 35.6 Å². The highest BCUT2D eigenvalue weighted by Crippen LogP contribution is 2.33. The van der Waals surface area contributed by atoms with Crippen molar-refractivity contribution in [3.8, 4) is 0 Å². The summed E-state index contributed by atoms with van der Waals surface area (Å²) in [6, 6.07) is 5.40. The van der Waals surface area contributed by atoms with E-state index >= 15 is 0 Å². The molecule has 0 radical (unpaired) electrons. The van der Waals surface area contributed by atoms with Gasteiger partial charge in [0.2, 0.25) is 5.91 Å². The number of aryl methyl sites for hydroxylation is 1. The molecule has 1 aliphatic carbocycles. The van der Waals surface area contributed by atoms with Crippen LogP contribution in [0.15, 0.2) is 18.2 Å². The Bertz CT molecular complexity index is 416. The molecule has 3 N–H and O–H groups in total. The van der Waals surface area contributed by atoms with Crippen molar-refractivity contribution in [2.45, 2.75) is 25.3 Å². The number of hydrogen-bond acceptors (Lipinski definition) is 2. The number of nitrogens with one attached hydrogen (secondary N) is 1. The van der Waals surface area contributed by atoms with E-state index in [0.29, 0.717) is 5.02 Å². The van der Waals surface area contributed by atoms with E-state index in [1.54, 1.807) is 12.1 Å². The molecule has 1 amide bonds. The molecule has 1 aromatic rings. The molecule has 5 heteroatoms. The highest BCUT2D eigenvalue weighted by molar-refractivity contribution is 6.31.